The summed E-state index contributed by atoms with van der Waals surface area (Å²) in [6.07, 6.45) is 0.00633. The molecule has 2 amide bonds. The van der Waals surface area contributed by atoms with Gasteiger partial charge in [-0.2, -0.15) is 0 Å². The van der Waals surface area contributed by atoms with E-state index in [0.717, 1.165) is 4.90 Å². The van der Waals surface area contributed by atoms with Crippen LogP contribution in [-0.2, 0) is 9.59 Å². The maximum Gasteiger partial charge on any atom is 0.256 e. The lowest BCUT2D eigenvalue weighted by molar-refractivity contribution is -0.121. The third kappa shape index (κ3) is 2.82. The van der Waals surface area contributed by atoms with E-state index in [4.69, 9.17) is 4.74 Å². The summed E-state index contributed by atoms with van der Waals surface area (Å²) in [6, 6.07) is 10.7. The van der Waals surface area contributed by atoms with E-state index >= 15 is 0 Å². The Balaban J connectivity index is 1.85. The van der Waals surface area contributed by atoms with Crippen molar-refractivity contribution in [2.45, 2.75) is 19.4 Å². The number of hydrogen-bond donors (Lipinski definition) is 1. The van der Waals surface area contributed by atoms with Crippen LogP contribution in [0.2, 0.25) is 0 Å². The van der Waals surface area contributed by atoms with Crippen molar-refractivity contribution in [3.05, 3.63) is 53.8 Å². The quantitative estimate of drug-likeness (QED) is 0.877. The van der Waals surface area contributed by atoms with E-state index < -0.39 is 6.04 Å². The zero-order valence-corrected chi connectivity index (χ0v) is 13.4. The number of carbonyl (C=O) groups is 2. The first kappa shape index (κ1) is 16.0. The van der Waals surface area contributed by atoms with E-state index in [9.17, 15) is 14.0 Å². The molecule has 1 aliphatic heterocycles. The maximum atomic E-state index is 13.6. The molecule has 0 unspecified atom stereocenters. The highest BCUT2D eigenvalue weighted by Gasteiger charge is 2.40. The molecule has 124 valence electrons. The molecule has 2 aromatic rings. The summed E-state index contributed by atoms with van der Waals surface area (Å²) in [5.74, 6) is -0.625. The molecule has 0 bridgehead atoms. The number of methoxy groups -OCH3 is 1. The van der Waals surface area contributed by atoms with E-state index in [2.05, 4.69) is 5.32 Å². The van der Waals surface area contributed by atoms with Gasteiger partial charge in [-0.05, 0) is 36.8 Å². The topological polar surface area (TPSA) is 58.6 Å². The molecule has 1 N–H and O–H groups in total. The van der Waals surface area contributed by atoms with E-state index in [1.54, 1.807) is 43.3 Å². The standard InChI is InChI=1S/C18H17FN2O3/c1-11-7-8-12(9-13(11)19)20-14-10-17(22)21(18(14)23)15-5-3-4-6-16(15)24-2/h3-9,14,20H,10H2,1-2H3/t14-/m1/s1. The van der Waals surface area contributed by atoms with Crippen LogP contribution in [0.5, 0.6) is 5.75 Å². The van der Waals surface area contributed by atoms with Crippen molar-refractivity contribution in [3.63, 3.8) is 0 Å². The molecule has 0 aromatic heterocycles. The second kappa shape index (κ2) is 6.31. The number of imide groups is 1. The Kier molecular flexibility index (Phi) is 4.20. The number of anilines is 2. The molecule has 1 aliphatic rings. The highest BCUT2D eigenvalue weighted by atomic mass is 19.1. The minimum atomic E-state index is -0.732. The van der Waals surface area contributed by atoms with E-state index in [0.29, 0.717) is 22.7 Å². The van der Waals surface area contributed by atoms with Gasteiger partial charge in [0.15, 0.2) is 0 Å². The third-order valence-corrected chi connectivity index (χ3v) is 3.99. The third-order valence-electron chi connectivity index (χ3n) is 3.99. The summed E-state index contributed by atoms with van der Waals surface area (Å²) in [5.41, 5.74) is 1.39. The molecule has 24 heavy (non-hydrogen) atoms. The zero-order valence-electron chi connectivity index (χ0n) is 13.4. The van der Waals surface area contributed by atoms with Crippen molar-refractivity contribution in [3.8, 4) is 5.75 Å². The van der Waals surface area contributed by atoms with Crippen LogP contribution >= 0.6 is 0 Å². The Morgan fingerprint density at radius 3 is 2.67 bits per heavy atom. The predicted molar refractivity (Wildman–Crippen MR) is 88.7 cm³/mol. The monoisotopic (exact) mass is 328 g/mol. The molecule has 0 saturated carbocycles. The average Bonchev–Trinajstić information content (AvgIpc) is 2.85. The maximum absolute atomic E-state index is 13.6. The highest BCUT2D eigenvalue weighted by Crippen LogP contribution is 2.32. The van der Waals surface area contributed by atoms with Gasteiger partial charge < -0.3 is 10.1 Å². The number of nitrogens with zero attached hydrogens (tertiary/aromatic N) is 1. The van der Waals surface area contributed by atoms with Crippen LogP contribution in [0.25, 0.3) is 0 Å². The molecule has 2 aromatic carbocycles. The van der Waals surface area contributed by atoms with Gasteiger partial charge in [-0.15, -0.1) is 0 Å². The molecule has 6 heteroatoms. The second-order valence-electron chi connectivity index (χ2n) is 5.60. The number of nitrogens with one attached hydrogen (secondary N) is 1. The van der Waals surface area contributed by atoms with Gasteiger partial charge in [-0.25, -0.2) is 9.29 Å². The average molecular weight is 328 g/mol. The predicted octanol–water partition coefficient (Wildman–Crippen LogP) is 2.89. The Morgan fingerprint density at radius 1 is 1.21 bits per heavy atom. The molecule has 5 nitrogen and oxygen atoms in total. The van der Waals surface area contributed by atoms with Gasteiger partial charge in [-0.1, -0.05) is 18.2 Å². The lowest BCUT2D eigenvalue weighted by Gasteiger charge is -2.18. The summed E-state index contributed by atoms with van der Waals surface area (Å²) in [4.78, 5) is 26.1. The van der Waals surface area contributed by atoms with Gasteiger partial charge in [-0.3, -0.25) is 9.59 Å². The highest BCUT2D eigenvalue weighted by molar-refractivity contribution is 6.23. The van der Waals surface area contributed by atoms with Crippen molar-refractivity contribution < 1.29 is 18.7 Å². The fourth-order valence-electron chi connectivity index (χ4n) is 2.70. The smallest absolute Gasteiger partial charge is 0.256 e. The van der Waals surface area contributed by atoms with E-state index in [-0.39, 0.29) is 24.1 Å². The molecule has 3 rings (SSSR count). The normalized spacial score (nSPS) is 17.3. The first-order valence-corrected chi connectivity index (χ1v) is 7.53. The van der Waals surface area contributed by atoms with Crippen molar-refractivity contribution >= 4 is 23.2 Å². The van der Waals surface area contributed by atoms with Gasteiger partial charge in [0.1, 0.15) is 17.6 Å². The van der Waals surface area contributed by atoms with Crippen LogP contribution in [0, 0.1) is 12.7 Å². The number of hydrogen-bond acceptors (Lipinski definition) is 4. The lowest BCUT2D eigenvalue weighted by atomic mass is 10.2. The number of halogens is 1. The van der Waals surface area contributed by atoms with Crippen LogP contribution < -0.4 is 15.0 Å². The molecule has 0 aliphatic carbocycles. The Bertz CT molecular complexity index is 807. The Hall–Kier alpha value is -2.89. The van der Waals surface area contributed by atoms with Gasteiger partial charge >= 0.3 is 0 Å². The first-order chi connectivity index (χ1) is 11.5. The number of aryl methyl sites for hydroxylation is 1. The van der Waals surface area contributed by atoms with Crippen molar-refractivity contribution in [2.75, 3.05) is 17.3 Å². The van der Waals surface area contributed by atoms with Crippen LogP contribution in [0.3, 0.4) is 0 Å². The molecular weight excluding hydrogens is 311 g/mol. The number of para-hydroxylation sites is 2. The first-order valence-electron chi connectivity index (χ1n) is 7.53. The molecule has 1 atom stereocenters. The minimum Gasteiger partial charge on any atom is -0.495 e. The molecule has 0 spiro atoms. The van der Waals surface area contributed by atoms with Crippen molar-refractivity contribution in [2.24, 2.45) is 0 Å². The SMILES string of the molecule is COc1ccccc1N1C(=O)C[C@@H](Nc2ccc(C)c(F)c2)C1=O. The zero-order chi connectivity index (χ0) is 17.3. The van der Waals surface area contributed by atoms with Gasteiger partial charge in [0.05, 0.1) is 19.2 Å². The fourth-order valence-corrected chi connectivity index (χ4v) is 2.70. The van der Waals surface area contributed by atoms with E-state index in [1.807, 2.05) is 0 Å². The molecule has 1 fully saturated rings. The molecular formula is C18H17FN2O3. The van der Waals surface area contributed by atoms with Gasteiger partial charge in [0, 0.05) is 5.69 Å². The summed E-state index contributed by atoms with van der Waals surface area (Å²) < 4.78 is 18.9. The summed E-state index contributed by atoms with van der Waals surface area (Å²) in [5, 5.41) is 2.93. The second-order valence-corrected chi connectivity index (χ2v) is 5.60. The Morgan fingerprint density at radius 2 is 1.96 bits per heavy atom. The molecule has 0 radical (unpaired) electrons. The largest absolute Gasteiger partial charge is 0.495 e. The van der Waals surface area contributed by atoms with Gasteiger partial charge in [0.2, 0.25) is 5.91 Å². The van der Waals surface area contributed by atoms with Crippen molar-refractivity contribution in [1.82, 2.24) is 0 Å². The van der Waals surface area contributed by atoms with Crippen LogP contribution in [0.1, 0.15) is 12.0 Å². The van der Waals surface area contributed by atoms with Crippen molar-refractivity contribution in [1.29, 1.82) is 0 Å². The van der Waals surface area contributed by atoms with Gasteiger partial charge in [0.25, 0.3) is 5.91 Å². The fraction of sp³-hybridized carbons (Fsp3) is 0.222. The number of ether oxygens (including phenoxy) is 1. The summed E-state index contributed by atoms with van der Waals surface area (Å²) >= 11 is 0. The van der Waals surface area contributed by atoms with Crippen LogP contribution in [-0.4, -0.2) is 25.0 Å². The molecule has 1 heterocycles. The van der Waals surface area contributed by atoms with E-state index in [1.165, 1.54) is 13.2 Å². The summed E-state index contributed by atoms with van der Waals surface area (Å²) in [6.45, 7) is 1.66. The number of carbonyl (C=O) groups excluding carboxylic acids is 2. The summed E-state index contributed by atoms with van der Waals surface area (Å²) in [7, 11) is 1.48. The number of rotatable bonds is 4. The lowest BCUT2D eigenvalue weighted by Crippen LogP contribution is -2.35. The number of benzene rings is 2. The molecule has 1 saturated heterocycles. The Labute approximate surface area is 139 Å². The number of amides is 2. The van der Waals surface area contributed by atoms with Crippen LogP contribution in [0.4, 0.5) is 15.8 Å². The van der Waals surface area contributed by atoms with Crippen LogP contribution in [0.15, 0.2) is 42.5 Å². The minimum absolute atomic E-state index is 0.00633.